The number of thioether (sulfide) groups is 1. The van der Waals surface area contributed by atoms with Gasteiger partial charge in [0.05, 0.1) is 6.54 Å². The van der Waals surface area contributed by atoms with Crippen molar-refractivity contribution in [1.29, 1.82) is 0 Å². The summed E-state index contributed by atoms with van der Waals surface area (Å²) >= 11 is 1.88. The first-order chi connectivity index (χ1) is 13.7. The Balaban J connectivity index is 1.41. The number of rotatable bonds is 4. The highest BCUT2D eigenvalue weighted by Crippen LogP contribution is 2.26. The van der Waals surface area contributed by atoms with E-state index in [0.717, 1.165) is 49.7 Å². The monoisotopic (exact) mass is 395 g/mol. The maximum absolute atomic E-state index is 12.7. The largest absolute Gasteiger partial charge is 0.362 e. The molecule has 6 heteroatoms. The van der Waals surface area contributed by atoms with Crippen LogP contribution in [0, 0.1) is 0 Å². The number of carbonyl (C=O) groups excluding carboxylic acids is 2. The van der Waals surface area contributed by atoms with Crippen molar-refractivity contribution in [1.82, 2.24) is 4.90 Å². The summed E-state index contributed by atoms with van der Waals surface area (Å²) in [5.74, 6) is 1.95. The number of hydrogen-bond donors (Lipinski definition) is 1. The van der Waals surface area contributed by atoms with E-state index in [1.165, 1.54) is 5.56 Å². The van der Waals surface area contributed by atoms with Gasteiger partial charge in [-0.05, 0) is 42.7 Å². The van der Waals surface area contributed by atoms with Crippen LogP contribution >= 0.6 is 11.8 Å². The molecule has 2 aromatic rings. The van der Waals surface area contributed by atoms with Gasteiger partial charge in [-0.2, -0.15) is 11.8 Å². The van der Waals surface area contributed by atoms with Crippen molar-refractivity contribution in [2.75, 3.05) is 47.9 Å². The summed E-state index contributed by atoms with van der Waals surface area (Å²) in [7, 11) is 0. The lowest BCUT2D eigenvalue weighted by Gasteiger charge is -2.30. The predicted molar refractivity (Wildman–Crippen MR) is 115 cm³/mol. The number of carbonyl (C=O) groups is 2. The maximum Gasteiger partial charge on any atom is 0.253 e. The molecule has 2 amide bonds. The fraction of sp³-hybridized carbons (Fsp3) is 0.364. The van der Waals surface area contributed by atoms with E-state index in [0.29, 0.717) is 17.8 Å². The SMILES string of the molecule is O=C(CN1CCCc2ccccc21)Nc1cccc(C(=O)N2CCSCC2)c1. The second-order valence-corrected chi connectivity index (χ2v) is 8.41. The number of nitrogens with zero attached hydrogens (tertiary/aromatic N) is 2. The van der Waals surface area contributed by atoms with Crippen molar-refractivity contribution in [3.63, 3.8) is 0 Å². The second kappa shape index (κ2) is 8.69. The Kier molecular flexibility index (Phi) is 5.86. The van der Waals surface area contributed by atoms with E-state index in [-0.39, 0.29) is 11.8 Å². The molecule has 28 heavy (non-hydrogen) atoms. The molecule has 1 N–H and O–H groups in total. The number of para-hydroxylation sites is 1. The zero-order valence-electron chi connectivity index (χ0n) is 15.9. The van der Waals surface area contributed by atoms with Gasteiger partial charge in [-0.1, -0.05) is 24.3 Å². The molecule has 2 aliphatic rings. The Hall–Kier alpha value is -2.47. The van der Waals surface area contributed by atoms with Gasteiger partial charge in [0.15, 0.2) is 0 Å². The molecule has 1 fully saturated rings. The molecule has 0 saturated carbocycles. The highest BCUT2D eigenvalue weighted by molar-refractivity contribution is 7.99. The van der Waals surface area contributed by atoms with Crippen LogP contribution in [0.15, 0.2) is 48.5 Å². The zero-order valence-corrected chi connectivity index (χ0v) is 16.7. The Labute approximate surface area is 170 Å². The summed E-state index contributed by atoms with van der Waals surface area (Å²) in [5, 5.41) is 2.96. The average molecular weight is 396 g/mol. The third kappa shape index (κ3) is 4.33. The third-order valence-corrected chi connectivity index (χ3v) is 6.17. The Bertz CT molecular complexity index is 864. The van der Waals surface area contributed by atoms with Crippen LogP contribution in [0.2, 0.25) is 0 Å². The zero-order chi connectivity index (χ0) is 19.3. The van der Waals surface area contributed by atoms with Crippen LogP contribution in [-0.4, -0.2) is 54.4 Å². The van der Waals surface area contributed by atoms with Gasteiger partial charge in [0.1, 0.15) is 0 Å². The number of fused-ring (bicyclic) bond motifs is 1. The molecule has 0 spiro atoms. The first-order valence-corrected chi connectivity index (χ1v) is 11.0. The molecule has 0 bridgehead atoms. The molecule has 1 saturated heterocycles. The van der Waals surface area contributed by atoms with Crippen molar-refractivity contribution >= 4 is 35.0 Å². The summed E-state index contributed by atoms with van der Waals surface area (Å²) in [4.78, 5) is 29.3. The van der Waals surface area contributed by atoms with Crippen LogP contribution in [0.4, 0.5) is 11.4 Å². The molecule has 5 nitrogen and oxygen atoms in total. The molecular weight excluding hydrogens is 370 g/mol. The van der Waals surface area contributed by atoms with E-state index in [4.69, 9.17) is 0 Å². The lowest BCUT2D eigenvalue weighted by atomic mass is 10.0. The van der Waals surface area contributed by atoms with Gasteiger partial charge in [-0.3, -0.25) is 9.59 Å². The number of hydrogen-bond acceptors (Lipinski definition) is 4. The summed E-state index contributed by atoms with van der Waals surface area (Å²) in [5.41, 5.74) is 3.75. The molecule has 0 unspecified atom stereocenters. The Morgan fingerprint density at radius 3 is 2.68 bits per heavy atom. The van der Waals surface area contributed by atoms with Crippen molar-refractivity contribution < 1.29 is 9.59 Å². The Morgan fingerprint density at radius 1 is 1.00 bits per heavy atom. The molecule has 146 valence electrons. The number of anilines is 2. The fourth-order valence-electron chi connectivity index (χ4n) is 3.83. The van der Waals surface area contributed by atoms with Crippen LogP contribution in [0.5, 0.6) is 0 Å². The highest BCUT2D eigenvalue weighted by Gasteiger charge is 2.20. The number of aryl methyl sites for hydroxylation is 1. The summed E-state index contributed by atoms with van der Waals surface area (Å²) in [6, 6.07) is 15.6. The molecule has 0 aromatic heterocycles. The van der Waals surface area contributed by atoms with Crippen molar-refractivity contribution in [2.45, 2.75) is 12.8 Å². The summed E-state index contributed by atoms with van der Waals surface area (Å²) in [6.45, 7) is 2.78. The highest BCUT2D eigenvalue weighted by atomic mass is 32.2. The molecule has 0 aliphatic carbocycles. The predicted octanol–water partition coefficient (Wildman–Crippen LogP) is 3.27. The smallest absolute Gasteiger partial charge is 0.253 e. The van der Waals surface area contributed by atoms with E-state index in [1.54, 1.807) is 6.07 Å². The van der Waals surface area contributed by atoms with Crippen molar-refractivity contribution in [3.05, 3.63) is 59.7 Å². The minimum Gasteiger partial charge on any atom is -0.362 e. The van der Waals surface area contributed by atoms with Gasteiger partial charge in [-0.25, -0.2) is 0 Å². The van der Waals surface area contributed by atoms with Gasteiger partial charge in [0, 0.05) is 48.1 Å². The van der Waals surface area contributed by atoms with Crippen LogP contribution in [-0.2, 0) is 11.2 Å². The quantitative estimate of drug-likeness (QED) is 0.863. The van der Waals surface area contributed by atoms with Gasteiger partial charge >= 0.3 is 0 Å². The lowest BCUT2D eigenvalue weighted by molar-refractivity contribution is -0.115. The summed E-state index contributed by atoms with van der Waals surface area (Å²) < 4.78 is 0. The van der Waals surface area contributed by atoms with Gasteiger partial charge < -0.3 is 15.1 Å². The van der Waals surface area contributed by atoms with E-state index in [2.05, 4.69) is 22.3 Å². The fourth-order valence-corrected chi connectivity index (χ4v) is 4.73. The molecule has 2 aromatic carbocycles. The maximum atomic E-state index is 12.7. The van der Waals surface area contributed by atoms with Crippen LogP contribution < -0.4 is 10.2 Å². The van der Waals surface area contributed by atoms with Crippen molar-refractivity contribution in [2.24, 2.45) is 0 Å². The normalized spacial score (nSPS) is 16.4. The molecule has 2 heterocycles. The lowest BCUT2D eigenvalue weighted by Crippen LogP contribution is -2.38. The topological polar surface area (TPSA) is 52.7 Å². The van der Waals surface area contributed by atoms with E-state index >= 15 is 0 Å². The minimum absolute atomic E-state index is 0.0429. The summed E-state index contributed by atoms with van der Waals surface area (Å²) in [6.07, 6.45) is 2.12. The van der Waals surface area contributed by atoms with Gasteiger partial charge in [-0.15, -0.1) is 0 Å². The number of nitrogens with one attached hydrogen (secondary N) is 1. The Morgan fingerprint density at radius 2 is 1.82 bits per heavy atom. The second-order valence-electron chi connectivity index (χ2n) is 7.19. The van der Waals surface area contributed by atoms with Crippen LogP contribution in [0.3, 0.4) is 0 Å². The number of benzene rings is 2. The molecule has 0 radical (unpaired) electrons. The average Bonchev–Trinajstić information content (AvgIpc) is 2.74. The van der Waals surface area contributed by atoms with E-state index in [9.17, 15) is 9.59 Å². The molecule has 4 rings (SSSR count). The minimum atomic E-state index is -0.0596. The van der Waals surface area contributed by atoms with E-state index in [1.807, 2.05) is 47.0 Å². The first-order valence-electron chi connectivity index (χ1n) is 9.80. The van der Waals surface area contributed by atoms with Crippen LogP contribution in [0.25, 0.3) is 0 Å². The first kappa shape index (κ1) is 18.9. The third-order valence-electron chi connectivity index (χ3n) is 5.23. The van der Waals surface area contributed by atoms with E-state index < -0.39 is 0 Å². The standard InChI is InChI=1S/C22H25N3O2S/c26-21(16-25-10-4-7-17-5-1-2-9-20(17)25)23-19-8-3-6-18(15-19)22(27)24-11-13-28-14-12-24/h1-3,5-6,8-9,15H,4,7,10-14,16H2,(H,23,26). The molecule has 0 atom stereocenters. The number of amides is 2. The van der Waals surface area contributed by atoms with Gasteiger partial charge in [0.2, 0.25) is 5.91 Å². The van der Waals surface area contributed by atoms with Crippen molar-refractivity contribution in [3.8, 4) is 0 Å². The van der Waals surface area contributed by atoms with Crippen LogP contribution in [0.1, 0.15) is 22.3 Å². The van der Waals surface area contributed by atoms with Gasteiger partial charge in [0.25, 0.3) is 5.91 Å². The molecular formula is C22H25N3O2S. The molecule has 2 aliphatic heterocycles.